The first-order chi connectivity index (χ1) is 14.1. The van der Waals surface area contributed by atoms with Gasteiger partial charge in [-0.1, -0.05) is 58.3 Å². The molecule has 1 heterocycles. The maximum Gasteiger partial charge on any atom is 0.270 e. The van der Waals surface area contributed by atoms with Crippen molar-refractivity contribution < 1.29 is 13.2 Å². The summed E-state index contributed by atoms with van der Waals surface area (Å²) in [5, 5.41) is 10.5. The number of carbonyl (C=O) groups is 1. The molecule has 2 aromatic carbocycles. The van der Waals surface area contributed by atoms with Crippen molar-refractivity contribution in [2.45, 2.75) is 31.2 Å². The predicted molar refractivity (Wildman–Crippen MR) is 119 cm³/mol. The Bertz CT molecular complexity index is 1210. The third-order valence-corrected chi connectivity index (χ3v) is 7.55. The maximum atomic E-state index is 12.7. The zero-order chi connectivity index (χ0) is 22.1. The highest BCUT2D eigenvalue weighted by molar-refractivity contribution is 7.91. The highest BCUT2D eigenvalue weighted by Crippen LogP contribution is 2.26. The van der Waals surface area contributed by atoms with Crippen molar-refractivity contribution in [3.63, 3.8) is 0 Å². The number of aryl methyl sites for hydroxylation is 2. The molecule has 0 aliphatic heterocycles. The van der Waals surface area contributed by atoms with E-state index in [2.05, 4.69) is 20.2 Å². The average Bonchev–Trinajstić information content (AvgIpc) is 3.10. The molecule has 3 rings (SSSR count). The average molecular weight is 485 g/mol. The summed E-state index contributed by atoms with van der Waals surface area (Å²) >= 11 is 12.6. The van der Waals surface area contributed by atoms with E-state index in [4.69, 9.17) is 23.2 Å². The number of amides is 1. The largest absolute Gasteiger partial charge is 0.296 e. The number of nitrogens with one attached hydrogen (secondary N) is 2. The van der Waals surface area contributed by atoms with E-state index in [1.165, 1.54) is 18.2 Å². The lowest BCUT2D eigenvalue weighted by molar-refractivity contribution is 0.102. The van der Waals surface area contributed by atoms with E-state index >= 15 is 0 Å². The number of anilines is 1. The smallest absolute Gasteiger partial charge is 0.270 e. The molecule has 7 nitrogen and oxygen atoms in total. The van der Waals surface area contributed by atoms with Gasteiger partial charge in [-0.25, -0.2) is 13.1 Å². The van der Waals surface area contributed by atoms with Gasteiger partial charge < -0.3 is 0 Å². The van der Waals surface area contributed by atoms with E-state index in [1.54, 1.807) is 6.92 Å². The third-order valence-electron chi connectivity index (χ3n) is 4.26. The second-order valence-corrected chi connectivity index (χ2v) is 10.4. The minimum Gasteiger partial charge on any atom is -0.296 e. The van der Waals surface area contributed by atoms with Crippen LogP contribution in [0.5, 0.6) is 0 Å². The number of aromatic nitrogens is 2. The molecule has 0 radical (unpaired) electrons. The van der Waals surface area contributed by atoms with Gasteiger partial charge in [-0.2, -0.15) is 0 Å². The van der Waals surface area contributed by atoms with Gasteiger partial charge in [0.05, 0.1) is 10.6 Å². The van der Waals surface area contributed by atoms with Crippen molar-refractivity contribution in [2.75, 3.05) is 5.32 Å². The Morgan fingerprint density at radius 2 is 1.83 bits per heavy atom. The van der Waals surface area contributed by atoms with E-state index in [0.29, 0.717) is 5.02 Å². The summed E-state index contributed by atoms with van der Waals surface area (Å²) in [7, 11) is -3.93. The molecule has 1 atom stereocenters. The fraction of sp³-hybridized carbons (Fsp3) is 0.211. The Labute approximate surface area is 188 Å². The van der Waals surface area contributed by atoms with Crippen LogP contribution in [0.2, 0.25) is 10.0 Å². The Balaban J connectivity index is 1.74. The number of nitrogens with zero attached hydrogens (tertiary/aromatic N) is 2. The Hall–Kier alpha value is -2.04. The zero-order valence-corrected chi connectivity index (χ0v) is 19.4. The summed E-state index contributed by atoms with van der Waals surface area (Å²) in [5.74, 6) is -0.548. The standard InChI is InChI=1S/C19H18Cl2N4O3S2/c1-10-4-6-14(11(2)8-10)12(3)25-30(27,28)19-24-23-18(29-19)22-17(26)15-7-5-13(20)9-16(15)21/h4-9,12,25H,1-3H3,(H,22,23,26)/t12-/m1/s1. The number of hydrogen-bond acceptors (Lipinski definition) is 6. The minimum absolute atomic E-state index is 0.0329. The van der Waals surface area contributed by atoms with Gasteiger partial charge >= 0.3 is 0 Å². The third kappa shape index (κ3) is 5.16. The lowest BCUT2D eigenvalue weighted by atomic mass is 10.0. The molecule has 0 aliphatic rings. The summed E-state index contributed by atoms with van der Waals surface area (Å²) in [6, 6.07) is 9.76. The molecular weight excluding hydrogens is 467 g/mol. The number of benzene rings is 2. The van der Waals surface area contributed by atoms with Crippen molar-refractivity contribution in [1.82, 2.24) is 14.9 Å². The predicted octanol–water partition coefficient (Wildman–Crippen LogP) is 4.75. The monoisotopic (exact) mass is 484 g/mol. The molecule has 0 aliphatic carbocycles. The van der Waals surface area contributed by atoms with Crippen LogP contribution in [0.1, 0.15) is 40.0 Å². The van der Waals surface area contributed by atoms with Crippen molar-refractivity contribution in [3.8, 4) is 0 Å². The molecule has 158 valence electrons. The van der Waals surface area contributed by atoms with E-state index in [0.717, 1.165) is 28.0 Å². The number of halogens is 2. The molecule has 1 amide bonds. The van der Waals surface area contributed by atoms with Gasteiger partial charge in [-0.3, -0.25) is 10.1 Å². The van der Waals surface area contributed by atoms with Crippen LogP contribution < -0.4 is 10.0 Å². The molecule has 0 bridgehead atoms. The molecule has 30 heavy (non-hydrogen) atoms. The van der Waals surface area contributed by atoms with Crippen LogP contribution in [-0.2, 0) is 10.0 Å². The van der Waals surface area contributed by atoms with Crippen molar-refractivity contribution >= 4 is 55.6 Å². The van der Waals surface area contributed by atoms with Crippen molar-refractivity contribution in [1.29, 1.82) is 0 Å². The molecule has 1 aromatic heterocycles. The van der Waals surface area contributed by atoms with Gasteiger partial charge in [0, 0.05) is 11.1 Å². The summed E-state index contributed by atoms with van der Waals surface area (Å²) < 4.78 is 27.7. The lowest BCUT2D eigenvalue weighted by Gasteiger charge is -2.16. The van der Waals surface area contributed by atoms with Gasteiger partial charge in [0.25, 0.3) is 15.9 Å². The second-order valence-electron chi connectivity index (χ2n) is 6.65. The van der Waals surface area contributed by atoms with Crippen LogP contribution >= 0.6 is 34.5 Å². The van der Waals surface area contributed by atoms with Crippen LogP contribution in [0.15, 0.2) is 40.7 Å². The first-order valence-corrected chi connectivity index (χ1v) is 11.8. The minimum atomic E-state index is -3.93. The molecule has 0 unspecified atom stereocenters. The van der Waals surface area contributed by atoms with Gasteiger partial charge in [-0.15, -0.1) is 10.2 Å². The van der Waals surface area contributed by atoms with E-state index in [1.807, 2.05) is 32.0 Å². The molecule has 0 fully saturated rings. The fourth-order valence-corrected chi connectivity index (χ4v) is 5.49. The van der Waals surface area contributed by atoms with E-state index < -0.39 is 22.0 Å². The van der Waals surface area contributed by atoms with Crippen LogP contribution in [-0.4, -0.2) is 24.5 Å². The first-order valence-electron chi connectivity index (χ1n) is 8.76. The highest BCUT2D eigenvalue weighted by Gasteiger charge is 2.24. The van der Waals surface area contributed by atoms with Gasteiger partial charge in [0.2, 0.25) is 9.47 Å². The molecular formula is C19H18Cl2N4O3S2. The molecule has 11 heteroatoms. The Morgan fingerprint density at radius 1 is 1.10 bits per heavy atom. The van der Waals surface area contributed by atoms with E-state index in [9.17, 15) is 13.2 Å². The SMILES string of the molecule is Cc1ccc([C@@H](C)NS(=O)(=O)c2nnc(NC(=O)c3ccc(Cl)cc3Cl)s2)c(C)c1. The molecule has 3 aromatic rings. The maximum absolute atomic E-state index is 12.7. The summed E-state index contributed by atoms with van der Waals surface area (Å²) in [5.41, 5.74) is 3.12. The van der Waals surface area contributed by atoms with Gasteiger partial charge in [0.15, 0.2) is 0 Å². The second kappa shape index (κ2) is 8.99. The van der Waals surface area contributed by atoms with Crippen LogP contribution in [0.25, 0.3) is 0 Å². The molecule has 2 N–H and O–H groups in total. The first kappa shape index (κ1) is 22.6. The Morgan fingerprint density at radius 3 is 2.50 bits per heavy atom. The summed E-state index contributed by atoms with van der Waals surface area (Å²) in [6.45, 7) is 5.65. The van der Waals surface area contributed by atoms with Gasteiger partial charge in [0.1, 0.15) is 0 Å². The Kier molecular flexibility index (Phi) is 6.78. The zero-order valence-electron chi connectivity index (χ0n) is 16.2. The summed E-state index contributed by atoms with van der Waals surface area (Å²) in [6.07, 6.45) is 0. The van der Waals surface area contributed by atoms with Crippen LogP contribution in [0, 0.1) is 13.8 Å². The topological polar surface area (TPSA) is 101 Å². The highest BCUT2D eigenvalue weighted by atomic mass is 35.5. The van der Waals surface area contributed by atoms with Crippen molar-refractivity contribution in [2.24, 2.45) is 0 Å². The van der Waals surface area contributed by atoms with E-state index in [-0.39, 0.29) is 20.1 Å². The van der Waals surface area contributed by atoms with Crippen molar-refractivity contribution in [3.05, 3.63) is 68.7 Å². The van der Waals surface area contributed by atoms with Crippen LogP contribution in [0.3, 0.4) is 0 Å². The quantitative estimate of drug-likeness (QED) is 0.491. The lowest BCUT2D eigenvalue weighted by Crippen LogP contribution is -2.27. The number of hydrogen-bond donors (Lipinski definition) is 2. The summed E-state index contributed by atoms with van der Waals surface area (Å²) in [4.78, 5) is 12.4. The number of sulfonamides is 1. The number of rotatable bonds is 6. The molecule has 0 saturated heterocycles. The number of carbonyl (C=O) groups excluding carboxylic acids is 1. The molecule has 0 spiro atoms. The molecule has 0 saturated carbocycles. The fourth-order valence-electron chi connectivity index (χ4n) is 2.87. The normalized spacial score (nSPS) is 12.6. The van der Waals surface area contributed by atoms with Crippen LogP contribution in [0.4, 0.5) is 5.13 Å². The van der Waals surface area contributed by atoms with Gasteiger partial charge in [-0.05, 0) is 50.1 Å².